The maximum atomic E-state index is 10.1. The number of carbonyl (C=O) groups excluding carboxylic acids is 1. The SMILES string of the molecule is C[SiH2]OC(=O)CS.[NaH]. The summed E-state index contributed by atoms with van der Waals surface area (Å²) >= 11 is 3.70. The van der Waals surface area contributed by atoms with Gasteiger partial charge in [0.25, 0.3) is 0 Å². The molecule has 0 spiro atoms. The van der Waals surface area contributed by atoms with Crippen LogP contribution in [-0.4, -0.2) is 51.0 Å². The van der Waals surface area contributed by atoms with E-state index in [1.165, 1.54) is 0 Å². The fraction of sp³-hybridized carbons (Fsp3) is 0.667. The van der Waals surface area contributed by atoms with E-state index in [0.29, 0.717) is 0 Å². The quantitative estimate of drug-likeness (QED) is 0.412. The summed E-state index contributed by atoms with van der Waals surface area (Å²) in [6.07, 6.45) is 0. The number of carbonyl (C=O) groups is 1. The molecule has 0 bridgehead atoms. The summed E-state index contributed by atoms with van der Waals surface area (Å²) in [4.78, 5) is 10.1. The number of rotatable bonds is 2. The molecule has 0 aromatic carbocycles. The van der Waals surface area contributed by atoms with Crippen LogP contribution in [0.1, 0.15) is 0 Å². The first-order valence-electron chi connectivity index (χ1n) is 2.07. The van der Waals surface area contributed by atoms with E-state index in [2.05, 4.69) is 17.1 Å². The molecule has 0 aliphatic carbocycles. The molecule has 2 nitrogen and oxygen atoms in total. The third-order valence-corrected chi connectivity index (χ3v) is 1.30. The summed E-state index contributed by atoms with van der Waals surface area (Å²) in [6.45, 7) is 1.90. The van der Waals surface area contributed by atoms with Gasteiger partial charge in [-0.3, -0.25) is 4.79 Å². The maximum absolute atomic E-state index is 10.1. The normalized spacial score (nSPS) is 8.75. The van der Waals surface area contributed by atoms with E-state index in [-0.39, 0.29) is 41.3 Å². The van der Waals surface area contributed by atoms with Gasteiger partial charge in [0.15, 0.2) is 0 Å². The third-order valence-electron chi connectivity index (χ3n) is 0.434. The van der Waals surface area contributed by atoms with Crippen LogP contribution in [0.5, 0.6) is 0 Å². The molecule has 0 heterocycles. The molecular weight excluding hydrogens is 151 g/mol. The fourth-order valence-electron chi connectivity index (χ4n) is 0.207. The topological polar surface area (TPSA) is 26.3 Å². The van der Waals surface area contributed by atoms with Gasteiger partial charge < -0.3 is 4.43 Å². The summed E-state index contributed by atoms with van der Waals surface area (Å²) in [5.74, 6) is 0.0124. The van der Waals surface area contributed by atoms with Gasteiger partial charge in [0.2, 0.25) is 9.76 Å². The van der Waals surface area contributed by atoms with Crippen LogP contribution in [0.15, 0.2) is 0 Å². The molecule has 0 aromatic heterocycles. The van der Waals surface area contributed by atoms with Crippen molar-refractivity contribution in [2.24, 2.45) is 0 Å². The van der Waals surface area contributed by atoms with Gasteiger partial charge in [-0.15, -0.1) is 0 Å². The molecule has 0 fully saturated rings. The molecule has 0 unspecified atom stereocenters. The number of thiol groups is 1. The Morgan fingerprint density at radius 3 is 2.50 bits per heavy atom. The minimum atomic E-state index is -0.543. The van der Waals surface area contributed by atoms with Crippen LogP contribution in [0.25, 0.3) is 0 Å². The van der Waals surface area contributed by atoms with Gasteiger partial charge in [0, 0.05) is 0 Å². The minimum absolute atomic E-state index is 0. The van der Waals surface area contributed by atoms with E-state index in [9.17, 15) is 4.79 Å². The molecule has 0 N–H and O–H groups in total. The van der Waals surface area contributed by atoms with E-state index >= 15 is 0 Å². The Labute approximate surface area is 79.0 Å². The van der Waals surface area contributed by atoms with Gasteiger partial charge in [-0.25, -0.2) is 0 Å². The van der Waals surface area contributed by atoms with Crippen LogP contribution in [0.4, 0.5) is 0 Å². The van der Waals surface area contributed by atoms with Crippen molar-refractivity contribution < 1.29 is 9.22 Å². The second-order valence-corrected chi connectivity index (χ2v) is 2.15. The van der Waals surface area contributed by atoms with Crippen LogP contribution < -0.4 is 0 Å². The summed E-state index contributed by atoms with van der Waals surface area (Å²) in [5, 5.41) is 0. The van der Waals surface area contributed by atoms with Crippen LogP contribution in [0, 0.1) is 0 Å². The molecular formula is C3H9NaO2SSi. The summed E-state index contributed by atoms with van der Waals surface area (Å²) in [6, 6.07) is 0. The zero-order valence-electron chi connectivity index (χ0n) is 4.18. The Morgan fingerprint density at radius 1 is 1.88 bits per heavy atom. The van der Waals surface area contributed by atoms with Crippen LogP contribution in [0.2, 0.25) is 6.55 Å². The number of hydrogen-bond donors (Lipinski definition) is 1. The second-order valence-electron chi connectivity index (χ2n) is 0.963. The first-order chi connectivity index (χ1) is 3.31. The zero-order chi connectivity index (χ0) is 5.70. The molecule has 0 aliphatic heterocycles. The average Bonchev–Trinajstić information content (AvgIpc) is 1.68. The third kappa shape index (κ3) is 7.04. The second kappa shape index (κ2) is 8.04. The first kappa shape index (κ1) is 11.8. The monoisotopic (exact) mass is 160 g/mol. The first-order valence-corrected chi connectivity index (χ1v) is 4.70. The van der Waals surface area contributed by atoms with Gasteiger partial charge in [0.05, 0.1) is 5.75 Å². The fourth-order valence-corrected chi connectivity index (χ4v) is 0.894. The molecule has 0 aromatic rings. The Balaban J connectivity index is 0. The molecule has 8 heavy (non-hydrogen) atoms. The molecule has 0 saturated carbocycles. The van der Waals surface area contributed by atoms with Crippen molar-refractivity contribution in [1.29, 1.82) is 0 Å². The van der Waals surface area contributed by atoms with E-state index < -0.39 is 9.76 Å². The van der Waals surface area contributed by atoms with E-state index in [4.69, 9.17) is 0 Å². The Kier molecular flexibility index (Phi) is 11.8. The van der Waals surface area contributed by atoms with Crippen LogP contribution in [-0.2, 0) is 9.22 Å². The Hall–Kier alpha value is 1.04. The summed E-state index contributed by atoms with van der Waals surface area (Å²) < 4.78 is 4.61. The van der Waals surface area contributed by atoms with Gasteiger partial charge in [-0.1, -0.05) is 0 Å². The van der Waals surface area contributed by atoms with Crippen molar-refractivity contribution in [2.75, 3.05) is 5.75 Å². The standard InChI is InChI=1S/C3H8O2SSi.Na.H/c1-7-5-3(4)2-6;;/h6H,2,7H2,1H3;;. The van der Waals surface area contributed by atoms with Crippen molar-refractivity contribution in [3.8, 4) is 0 Å². The Bertz CT molecular complexity index is 70.3. The summed E-state index contributed by atoms with van der Waals surface area (Å²) in [5.41, 5.74) is 0. The van der Waals surface area contributed by atoms with Crippen LogP contribution >= 0.6 is 12.6 Å². The van der Waals surface area contributed by atoms with Crippen molar-refractivity contribution in [1.82, 2.24) is 0 Å². The van der Waals surface area contributed by atoms with Crippen molar-refractivity contribution >= 4 is 57.9 Å². The van der Waals surface area contributed by atoms with Crippen molar-refractivity contribution in [2.45, 2.75) is 6.55 Å². The van der Waals surface area contributed by atoms with Crippen molar-refractivity contribution in [3.63, 3.8) is 0 Å². The molecule has 0 radical (unpaired) electrons. The van der Waals surface area contributed by atoms with Crippen LogP contribution in [0.3, 0.4) is 0 Å². The predicted molar refractivity (Wildman–Crippen MR) is 41.5 cm³/mol. The van der Waals surface area contributed by atoms with Gasteiger partial charge in [-0.2, -0.15) is 12.6 Å². The van der Waals surface area contributed by atoms with E-state index in [1.807, 2.05) is 6.55 Å². The summed E-state index contributed by atoms with van der Waals surface area (Å²) in [7, 11) is -0.543. The predicted octanol–water partition coefficient (Wildman–Crippen LogP) is -1.06. The van der Waals surface area contributed by atoms with Gasteiger partial charge in [-0.05, 0) is 6.55 Å². The molecule has 5 heteroatoms. The Morgan fingerprint density at radius 2 is 2.38 bits per heavy atom. The average molecular weight is 160 g/mol. The van der Waals surface area contributed by atoms with E-state index in [1.54, 1.807) is 0 Å². The van der Waals surface area contributed by atoms with Crippen molar-refractivity contribution in [3.05, 3.63) is 0 Å². The molecule has 0 amide bonds. The molecule has 0 rings (SSSR count). The molecule has 0 atom stereocenters. The molecule has 0 aliphatic rings. The molecule has 44 valence electrons. The van der Waals surface area contributed by atoms with E-state index in [0.717, 1.165) is 0 Å². The van der Waals surface area contributed by atoms with Gasteiger partial charge >= 0.3 is 35.5 Å². The van der Waals surface area contributed by atoms with Gasteiger partial charge in [0.1, 0.15) is 0 Å². The molecule has 0 saturated heterocycles. The zero-order valence-corrected chi connectivity index (χ0v) is 6.49. The number of hydrogen-bond acceptors (Lipinski definition) is 3.